The number of halogens is 1. The largest absolute Gasteiger partial charge is 0.490 e. The van der Waals surface area contributed by atoms with E-state index in [1.807, 2.05) is 51.1 Å². The van der Waals surface area contributed by atoms with Crippen molar-refractivity contribution in [2.75, 3.05) is 19.8 Å². The molecule has 1 aliphatic rings. The minimum absolute atomic E-state index is 0.126. The van der Waals surface area contributed by atoms with E-state index in [0.29, 0.717) is 47.8 Å². The Balaban J connectivity index is 1.97. The monoisotopic (exact) mass is 398 g/mol. The van der Waals surface area contributed by atoms with Crippen LogP contribution < -0.4 is 9.47 Å². The molecule has 146 valence electrons. The fourth-order valence-electron chi connectivity index (χ4n) is 2.98. The van der Waals surface area contributed by atoms with Crippen LogP contribution in [0.15, 0.2) is 53.2 Å². The predicted octanol–water partition coefficient (Wildman–Crippen LogP) is 4.79. The van der Waals surface area contributed by atoms with Gasteiger partial charge in [-0.3, -0.25) is 9.69 Å². The van der Waals surface area contributed by atoms with Gasteiger partial charge < -0.3 is 9.47 Å². The average Bonchev–Trinajstić information content (AvgIpc) is 3.00. The van der Waals surface area contributed by atoms with E-state index in [-0.39, 0.29) is 5.91 Å². The molecule has 3 rings (SSSR count). The number of aliphatic imine (C=N–C) groups is 1. The summed E-state index contributed by atoms with van der Waals surface area (Å²) in [6.07, 6.45) is 1.77. The highest BCUT2D eigenvalue weighted by molar-refractivity contribution is 6.30. The van der Waals surface area contributed by atoms with Gasteiger partial charge in [0.1, 0.15) is 11.5 Å². The number of carbonyl (C=O) groups is 1. The molecule has 1 amide bonds. The smallest absolute Gasteiger partial charge is 0.278 e. The van der Waals surface area contributed by atoms with Crippen molar-refractivity contribution in [2.24, 2.45) is 4.99 Å². The van der Waals surface area contributed by atoms with Gasteiger partial charge in [0, 0.05) is 17.1 Å². The van der Waals surface area contributed by atoms with Crippen LogP contribution in [-0.4, -0.2) is 36.4 Å². The second-order valence-corrected chi connectivity index (χ2v) is 6.53. The summed E-state index contributed by atoms with van der Waals surface area (Å²) in [5, 5.41) is 0.644. The van der Waals surface area contributed by atoms with Crippen LogP contribution in [0.25, 0.3) is 6.08 Å². The Bertz CT molecular complexity index is 920. The van der Waals surface area contributed by atoms with Crippen LogP contribution in [0.5, 0.6) is 11.5 Å². The van der Waals surface area contributed by atoms with Gasteiger partial charge in [0.25, 0.3) is 5.91 Å². The molecule has 1 heterocycles. The molecule has 0 fully saturated rings. The molecule has 0 aromatic heterocycles. The summed E-state index contributed by atoms with van der Waals surface area (Å²) in [6.45, 7) is 7.39. The van der Waals surface area contributed by atoms with Crippen LogP contribution in [0.4, 0.5) is 0 Å². The van der Waals surface area contributed by atoms with Gasteiger partial charge in [-0.25, -0.2) is 4.99 Å². The van der Waals surface area contributed by atoms with Gasteiger partial charge in [-0.2, -0.15) is 0 Å². The van der Waals surface area contributed by atoms with Crippen molar-refractivity contribution in [2.45, 2.75) is 20.8 Å². The van der Waals surface area contributed by atoms with Crippen LogP contribution in [0.3, 0.4) is 0 Å². The van der Waals surface area contributed by atoms with Gasteiger partial charge in [0.05, 0.1) is 13.2 Å². The molecule has 0 saturated heterocycles. The third kappa shape index (κ3) is 4.20. The highest BCUT2D eigenvalue weighted by atomic mass is 35.5. The molecule has 0 unspecified atom stereocenters. The Kier molecular flexibility index (Phi) is 6.37. The molecule has 28 heavy (non-hydrogen) atoms. The lowest BCUT2D eigenvalue weighted by Gasteiger charge is -2.15. The van der Waals surface area contributed by atoms with Crippen LogP contribution in [0.2, 0.25) is 5.02 Å². The molecule has 1 aliphatic heterocycles. The molecule has 0 saturated carbocycles. The van der Waals surface area contributed by atoms with E-state index in [1.54, 1.807) is 23.1 Å². The van der Waals surface area contributed by atoms with Gasteiger partial charge in [0.2, 0.25) is 0 Å². The first-order chi connectivity index (χ1) is 13.6. The lowest BCUT2D eigenvalue weighted by Crippen LogP contribution is -2.32. The molecule has 5 nitrogen and oxygen atoms in total. The predicted molar refractivity (Wildman–Crippen MR) is 112 cm³/mol. The van der Waals surface area contributed by atoms with Crippen molar-refractivity contribution >= 4 is 29.4 Å². The highest BCUT2D eigenvalue weighted by Crippen LogP contribution is 2.30. The standard InChI is InChI=1S/C22H23ClN2O3/c1-4-25-21(16-8-10-17(23)11-9-16)24-18(22(25)26)13-15-7-12-19(27-5-2)20(14-15)28-6-3/h7-14H,4-6H2,1-3H3/b18-13-. The highest BCUT2D eigenvalue weighted by Gasteiger charge is 2.29. The Morgan fingerprint density at radius 2 is 1.68 bits per heavy atom. The van der Waals surface area contributed by atoms with E-state index in [2.05, 4.69) is 4.99 Å². The Labute approximate surface area is 170 Å². The second-order valence-electron chi connectivity index (χ2n) is 6.09. The van der Waals surface area contributed by atoms with Gasteiger partial charge in [-0.1, -0.05) is 17.7 Å². The number of ether oxygens (including phenoxy) is 2. The first kappa shape index (κ1) is 20.0. The van der Waals surface area contributed by atoms with E-state index in [4.69, 9.17) is 21.1 Å². The number of amides is 1. The van der Waals surface area contributed by atoms with Crippen molar-refractivity contribution in [1.82, 2.24) is 4.90 Å². The molecule has 6 heteroatoms. The second kappa shape index (κ2) is 8.93. The molecule has 2 aromatic carbocycles. The molecular formula is C22H23ClN2O3. The Hall–Kier alpha value is -2.79. The minimum atomic E-state index is -0.126. The topological polar surface area (TPSA) is 51.1 Å². The molecular weight excluding hydrogens is 376 g/mol. The summed E-state index contributed by atoms with van der Waals surface area (Å²) in [5.74, 6) is 1.84. The Morgan fingerprint density at radius 1 is 1.00 bits per heavy atom. The maximum Gasteiger partial charge on any atom is 0.278 e. The molecule has 0 bridgehead atoms. The van der Waals surface area contributed by atoms with Crippen LogP contribution in [0, 0.1) is 0 Å². The van der Waals surface area contributed by atoms with Crippen molar-refractivity contribution in [1.29, 1.82) is 0 Å². The number of benzene rings is 2. The molecule has 0 spiro atoms. The van der Waals surface area contributed by atoms with Gasteiger partial charge in [-0.15, -0.1) is 0 Å². The number of hydrogen-bond acceptors (Lipinski definition) is 4. The Morgan fingerprint density at radius 3 is 2.32 bits per heavy atom. The summed E-state index contributed by atoms with van der Waals surface area (Å²) < 4.78 is 11.3. The number of amidine groups is 1. The van der Waals surface area contributed by atoms with Crippen molar-refractivity contribution in [3.8, 4) is 11.5 Å². The number of likely N-dealkylation sites (N-methyl/N-ethyl adjacent to an activating group) is 1. The fourth-order valence-corrected chi connectivity index (χ4v) is 3.10. The quantitative estimate of drug-likeness (QED) is 0.630. The number of nitrogens with zero attached hydrogens (tertiary/aromatic N) is 2. The van der Waals surface area contributed by atoms with Crippen LogP contribution in [0.1, 0.15) is 31.9 Å². The van der Waals surface area contributed by atoms with Crippen LogP contribution >= 0.6 is 11.6 Å². The van der Waals surface area contributed by atoms with E-state index in [1.165, 1.54) is 0 Å². The van der Waals surface area contributed by atoms with Gasteiger partial charge in [0.15, 0.2) is 11.5 Å². The van der Waals surface area contributed by atoms with Crippen molar-refractivity contribution < 1.29 is 14.3 Å². The third-order valence-corrected chi connectivity index (χ3v) is 4.49. The zero-order chi connectivity index (χ0) is 20.1. The maximum atomic E-state index is 12.8. The normalized spacial score (nSPS) is 15.1. The zero-order valence-electron chi connectivity index (χ0n) is 16.2. The van der Waals surface area contributed by atoms with Crippen molar-refractivity contribution in [3.05, 3.63) is 64.3 Å². The number of hydrogen-bond donors (Lipinski definition) is 0. The maximum absolute atomic E-state index is 12.8. The van der Waals surface area contributed by atoms with E-state index >= 15 is 0 Å². The van der Waals surface area contributed by atoms with Crippen molar-refractivity contribution in [3.63, 3.8) is 0 Å². The lowest BCUT2D eigenvalue weighted by molar-refractivity contribution is -0.122. The summed E-state index contributed by atoms with van der Waals surface area (Å²) in [7, 11) is 0. The SMILES string of the molecule is CCOc1ccc(/C=C2\N=C(c3ccc(Cl)cc3)N(CC)C2=O)cc1OCC. The average molecular weight is 399 g/mol. The molecule has 0 N–H and O–H groups in total. The number of rotatable bonds is 7. The molecule has 0 atom stereocenters. The first-order valence-electron chi connectivity index (χ1n) is 9.35. The van der Waals surface area contributed by atoms with Crippen LogP contribution in [-0.2, 0) is 4.79 Å². The van der Waals surface area contributed by atoms with Gasteiger partial charge >= 0.3 is 0 Å². The number of carbonyl (C=O) groups excluding carboxylic acids is 1. The van der Waals surface area contributed by atoms with Gasteiger partial charge in [-0.05, 0) is 68.8 Å². The first-order valence-corrected chi connectivity index (χ1v) is 9.73. The summed E-state index contributed by atoms with van der Waals surface area (Å²) in [5.41, 5.74) is 2.07. The summed E-state index contributed by atoms with van der Waals surface area (Å²) >= 11 is 5.98. The lowest BCUT2D eigenvalue weighted by atomic mass is 10.1. The van der Waals surface area contributed by atoms with E-state index in [9.17, 15) is 4.79 Å². The van der Waals surface area contributed by atoms with E-state index in [0.717, 1.165) is 11.1 Å². The fraction of sp³-hybridized carbons (Fsp3) is 0.273. The third-order valence-electron chi connectivity index (χ3n) is 4.24. The van der Waals surface area contributed by atoms with E-state index < -0.39 is 0 Å². The summed E-state index contributed by atoms with van der Waals surface area (Å²) in [6, 6.07) is 12.9. The summed E-state index contributed by atoms with van der Waals surface area (Å²) in [4.78, 5) is 19.1. The minimum Gasteiger partial charge on any atom is -0.490 e. The molecule has 0 radical (unpaired) electrons. The zero-order valence-corrected chi connectivity index (χ0v) is 17.0. The molecule has 0 aliphatic carbocycles. The molecule has 2 aromatic rings.